The van der Waals surface area contributed by atoms with Gasteiger partial charge in [0.1, 0.15) is 0 Å². The molecule has 0 spiro atoms. The van der Waals surface area contributed by atoms with Gasteiger partial charge in [-0.2, -0.15) is 0 Å². The third-order valence-corrected chi connectivity index (χ3v) is 4.90. The number of carbonyl (C=O) groups is 1. The maximum atomic E-state index is 11.7. The first-order chi connectivity index (χ1) is 9.06. The summed E-state index contributed by atoms with van der Waals surface area (Å²) in [5.74, 6) is 0.0600. The van der Waals surface area contributed by atoms with E-state index in [-0.39, 0.29) is 29.3 Å². The minimum atomic E-state index is -0.0353. The van der Waals surface area contributed by atoms with Crippen LogP contribution in [0.25, 0.3) is 0 Å². The molecule has 1 aromatic rings. The van der Waals surface area contributed by atoms with Crippen LogP contribution in [0.15, 0.2) is 23.1 Å². The first-order valence-electron chi connectivity index (χ1n) is 6.44. The van der Waals surface area contributed by atoms with Crippen LogP contribution >= 0.6 is 11.8 Å². The van der Waals surface area contributed by atoms with Crippen molar-refractivity contribution in [2.24, 2.45) is 5.73 Å². The third kappa shape index (κ3) is 2.25. The zero-order valence-corrected chi connectivity index (χ0v) is 11.8. The van der Waals surface area contributed by atoms with Gasteiger partial charge in [-0.1, -0.05) is 6.07 Å². The summed E-state index contributed by atoms with van der Waals surface area (Å²) < 4.78 is 0. The number of fused-ring (bicyclic) bond motifs is 1. The quantitative estimate of drug-likeness (QED) is 0.616. The molecule has 5 N–H and O–H groups in total. The Hall–Kier alpha value is -1.08. The highest BCUT2D eigenvalue weighted by Gasteiger charge is 2.32. The second-order valence-corrected chi connectivity index (χ2v) is 6.52. The molecule has 0 aliphatic carbocycles. The standard InChI is InChI=1S/C13H18N4OS/c1-6-11(14)12(17-16-6)8-3-4-10-9(5-8)15-13(18)7(2)19-10/h3-7,11-12,16-17H,14H2,1-2H3,(H,15,18). The molecule has 5 nitrogen and oxygen atoms in total. The fourth-order valence-corrected chi connectivity index (χ4v) is 3.36. The molecule has 1 fully saturated rings. The maximum Gasteiger partial charge on any atom is 0.237 e. The monoisotopic (exact) mass is 278 g/mol. The average Bonchev–Trinajstić information content (AvgIpc) is 2.71. The van der Waals surface area contributed by atoms with Gasteiger partial charge in [-0.15, -0.1) is 11.8 Å². The van der Waals surface area contributed by atoms with Crippen LogP contribution in [0.4, 0.5) is 5.69 Å². The van der Waals surface area contributed by atoms with E-state index in [0.29, 0.717) is 0 Å². The Bertz CT molecular complexity index is 521. The van der Waals surface area contributed by atoms with Crippen molar-refractivity contribution in [1.82, 2.24) is 10.9 Å². The predicted octanol–water partition coefficient (Wildman–Crippen LogP) is 0.984. The van der Waals surface area contributed by atoms with Gasteiger partial charge >= 0.3 is 0 Å². The van der Waals surface area contributed by atoms with Crippen molar-refractivity contribution >= 4 is 23.4 Å². The number of rotatable bonds is 1. The van der Waals surface area contributed by atoms with Gasteiger partial charge in [0.2, 0.25) is 5.91 Å². The van der Waals surface area contributed by atoms with Gasteiger partial charge in [-0.05, 0) is 31.5 Å². The van der Waals surface area contributed by atoms with Gasteiger partial charge in [-0.25, -0.2) is 5.43 Å². The zero-order chi connectivity index (χ0) is 13.6. The molecule has 3 rings (SSSR count). The van der Waals surface area contributed by atoms with Crippen LogP contribution in [-0.4, -0.2) is 23.2 Å². The summed E-state index contributed by atoms with van der Waals surface area (Å²) in [5, 5.41) is 2.92. The molecule has 0 saturated carbocycles. The Morgan fingerprint density at radius 2 is 2.05 bits per heavy atom. The molecule has 2 heterocycles. The summed E-state index contributed by atoms with van der Waals surface area (Å²) in [6, 6.07) is 6.47. The average molecular weight is 278 g/mol. The van der Waals surface area contributed by atoms with Crippen molar-refractivity contribution in [3.05, 3.63) is 23.8 Å². The van der Waals surface area contributed by atoms with Crippen molar-refractivity contribution < 1.29 is 4.79 Å². The lowest BCUT2D eigenvalue weighted by Gasteiger charge is -2.24. The Morgan fingerprint density at radius 3 is 2.74 bits per heavy atom. The van der Waals surface area contributed by atoms with Crippen molar-refractivity contribution in [2.45, 2.75) is 42.1 Å². The Labute approximate surface area is 116 Å². The van der Waals surface area contributed by atoms with Gasteiger partial charge in [0.15, 0.2) is 0 Å². The lowest BCUT2D eigenvalue weighted by atomic mass is 9.97. The number of carbonyl (C=O) groups excluding carboxylic acids is 1. The Morgan fingerprint density at radius 1 is 1.26 bits per heavy atom. The molecule has 4 atom stereocenters. The molecule has 0 radical (unpaired) electrons. The Balaban J connectivity index is 1.90. The maximum absolute atomic E-state index is 11.7. The first kappa shape index (κ1) is 12.9. The van der Waals surface area contributed by atoms with Crippen LogP contribution in [0.3, 0.4) is 0 Å². The van der Waals surface area contributed by atoms with E-state index in [1.165, 1.54) is 0 Å². The van der Waals surface area contributed by atoms with Crippen molar-refractivity contribution in [2.75, 3.05) is 5.32 Å². The molecule has 4 unspecified atom stereocenters. The number of hydrazine groups is 1. The van der Waals surface area contributed by atoms with Crippen LogP contribution in [0, 0.1) is 0 Å². The van der Waals surface area contributed by atoms with Crippen molar-refractivity contribution in [1.29, 1.82) is 0 Å². The number of thioether (sulfide) groups is 1. The molecule has 1 amide bonds. The molecule has 2 aliphatic rings. The highest BCUT2D eigenvalue weighted by Crippen LogP contribution is 2.37. The minimum Gasteiger partial charge on any atom is -0.325 e. The predicted molar refractivity (Wildman–Crippen MR) is 76.8 cm³/mol. The number of nitrogens with one attached hydrogen (secondary N) is 3. The van der Waals surface area contributed by atoms with Gasteiger partial charge in [0.05, 0.1) is 17.0 Å². The van der Waals surface area contributed by atoms with Crippen LogP contribution < -0.4 is 21.9 Å². The van der Waals surface area contributed by atoms with Gasteiger partial charge in [0, 0.05) is 17.0 Å². The molecule has 19 heavy (non-hydrogen) atoms. The summed E-state index contributed by atoms with van der Waals surface area (Å²) in [6.45, 7) is 3.96. The van der Waals surface area contributed by atoms with E-state index < -0.39 is 0 Å². The fraction of sp³-hybridized carbons (Fsp3) is 0.462. The van der Waals surface area contributed by atoms with Gasteiger partial charge in [-0.3, -0.25) is 10.2 Å². The number of nitrogens with two attached hydrogens (primary N) is 1. The van der Waals surface area contributed by atoms with Crippen LogP contribution in [-0.2, 0) is 4.79 Å². The molecule has 6 heteroatoms. The summed E-state index contributed by atoms with van der Waals surface area (Å²) in [5.41, 5.74) is 14.5. The highest BCUT2D eigenvalue weighted by atomic mass is 32.2. The Kier molecular flexibility index (Phi) is 3.26. The molecular formula is C13H18N4OS. The number of amides is 1. The van der Waals surface area contributed by atoms with Crippen LogP contribution in [0.5, 0.6) is 0 Å². The number of hydrogen-bond donors (Lipinski definition) is 4. The molecule has 102 valence electrons. The van der Waals surface area contributed by atoms with E-state index in [0.717, 1.165) is 16.1 Å². The lowest BCUT2D eigenvalue weighted by molar-refractivity contribution is -0.115. The molecule has 1 aromatic carbocycles. The third-order valence-electron chi connectivity index (χ3n) is 3.72. The van der Waals surface area contributed by atoms with E-state index >= 15 is 0 Å². The van der Waals surface area contributed by atoms with E-state index in [9.17, 15) is 4.79 Å². The molecule has 0 bridgehead atoms. The van der Waals surface area contributed by atoms with E-state index in [4.69, 9.17) is 5.73 Å². The lowest BCUT2D eigenvalue weighted by Crippen LogP contribution is -2.35. The largest absolute Gasteiger partial charge is 0.325 e. The van der Waals surface area contributed by atoms with Gasteiger partial charge in [0.25, 0.3) is 0 Å². The summed E-state index contributed by atoms with van der Waals surface area (Å²) >= 11 is 1.59. The minimum absolute atomic E-state index is 0.0175. The molecule has 1 saturated heterocycles. The smallest absolute Gasteiger partial charge is 0.237 e. The zero-order valence-electron chi connectivity index (χ0n) is 10.9. The fourth-order valence-electron chi connectivity index (χ4n) is 2.43. The number of hydrogen-bond acceptors (Lipinski definition) is 5. The van der Waals surface area contributed by atoms with E-state index in [1.54, 1.807) is 11.8 Å². The van der Waals surface area contributed by atoms with Crippen molar-refractivity contribution in [3.63, 3.8) is 0 Å². The van der Waals surface area contributed by atoms with Crippen LogP contribution in [0.2, 0.25) is 0 Å². The highest BCUT2D eigenvalue weighted by molar-refractivity contribution is 8.00. The molecular weight excluding hydrogens is 260 g/mol. The second kappa shape index (κ2) is 4.79. The van der Waals surface area contributed by atoms with Crippen molar-refractivity contribution in [3.8, 4) is 0 Å². The normalized spacial score (nSPS) is 33.9. The number of anilines is 1. The van der Waals surface area contributed by atoms with Gasteiger partial charge < -0.3 is 11.1 Å². The molecule has 0 aromatic heterocycles. The summed E-state index contributed by atoms with van der Waals surface area (Å²) in [6.07, 6.45) is 0. The second-order valence-electron chi connectivity index (χ2n) is 5.14. The molecule has 2 aliphatic heterocycles. The SMILES string of the molecule is CC1Sc2ccc(C3NNC(C)C3N)cc2NC1=O. The number of benzene rings is 1. The van der Waals surface area contributed by atoms with E-state index in [1.807, 2.05) is 13.0 Å². The summed E-state index contributed by atoms with van der Waals surface area (Å²) in [4.78, 5) is 12.8. The topological polar surface area (TPSA) is 79.2 Å². The summed E-state index contributed by atoms with van der Waals surface area (Å²) in [7, 11) is 0. The van der Waals surface area contributed by atoms with E-state index in [2.05, 4.69) is 35.2 Å². The van der Waals surface area contributed by atoms with Crippen LogP contribution in [0.1, 0.15) is 25.5 Å². The first-order valence-corrected chi connectivity index (χ1v) is 7.32.